The van der Waals surface area contributed by atoms with Crippen LogP contribution in [0.4, 0.5) is 0 Å². The van der Waals surface area contributed by atoms with E-state index in [2.05, 4.69) is 6.04 Å². The summed E-state index contributed by atoms with van der Waals surface area (Å²) in [5.41, 5.74) is -1.35. The van der Waals surface area contributed by atoms with Gasteiger partial charge in [0.1, 0.15) is 18.7 Å². The van der Waals surface area contributed by atoms with E-state index in [0.717, 1.165) is 19.4 Å². The molecule has 3 rings (SSSR count). The Bertz CT molecular complexity index is 758. The molecule has 0 bridgehead atoms. The normalized spacial score (nSPS) is 22.6. The van der Waals surface area contributed by atoms with E-state index in [1.54, 1.807) is 48.5 Å². The second-order valence-electron chi connectivity index (χ2n) is 6.93. The van der Waals surface area contributed by atoms with E-state index >= 15 is 0 Å². The topological polar surface area (TPSA) is 49.4 Å². The molecule has 2 aromatic carbocycles. The average molecular weight is 349 g/mol. The average Bonchev–Trinajstić information content (AvgIpc) is 3.08. The van der Waals surface area contributed by atoms with Crippen LogP contribution in [0.1, 0.15) is 24.0 Å². The Morgan fingerprint density at radius 3 is 2.23 bits per heavy atom. The number of ether oxygens (including phenoxy) is 1. The maximum absolute atomic E-state index is 13.7. The third-order valence-electron chi connectivity index (χ3n) is 5.32. The van der Waals surface area contributed by atoms with Gasteiger partial charge in [0, 0.05) is 18.4 Å². The van der Waals surface area contributed by atoms with Crippen molar-refractivity contribution in [1.29, 1.82) is 0 Å². The number of benzene rings is 2. The van der Waals surface area contributed by atoms with Gasteiger partial charge in [0.2, 0.25) is 0 Å². The summed E-state index contributed by atoms with van der Waals surface area (Å²) in [7, 11) is 1.96. The second-order valence-corrected chi connectivity index (χ2v) is 6.93. The van der Waals surface area contributed by atoms with Crippen LogP contribution in [0.15, 0.2) is 60.7 Å². The molecule has 0 amide bonds. The zero-order valence-corrected chi connectivity index (χ0v) is 14.9. The molecule has 1 aliphatic heterocycles. The van der Waals surface area contributed by atoms with Crippen LogP contribution in [-0.4, -0.2) is 36.7 Å². The van der Waals surface area contributed by atoms with Gasteiger partial charge in [0.05, 0.1) is 13.6 Å². The van der Waals surface area contributed by atoms with Gasteiger partial charge in [-0.05, 0) is 11.1 Å². The quantitative estimate of drug-likeness (QED) is 0.471. The largest absolute Gasteiger partial charge is 0.834 e. The molecular formula is C22H23NO3. The van der Waals surface area contributed by atoms with Crippen LogP contribution < -0.4 is 5.11 Å². The van der Waals surface area contributed by atoms with Crippen LogP contribution in [-0.2, 0) is 15.1 Å². The highest BCUT2D eigenvalue weighted by atomic mass is 16.6. The summed E-state index contributed by atoms with van der Waals surface area (Å²) >= 11 is 0. The molecule has 0 saturated carbocycles. The number of hydrogen-bond acceptors (Lipinski definition) is 3. The molecule has 134 valence electrons. The first kappa shape index (κ1) is 18.2. The molecule has 0 spiro atoms. The van der Waals surface area contributed by atoms with Crippen molar-refractivity contribution in [3.05, 3.63) is 71.8 Å². The highest BCUT2D eigenvalue weighted by Crippen LogP contribution is 2.29. The van der Waals surface area contributed by atoms with Gasteiger partial charge >= 0.3 is 5.97 Å². The SMILES string of the molecule is C#C[N+]1(C)CCC[C@@H]1COC(=O)C([O-])(c1ccccc1)c1ccccc1. The van der Waals surface area contributed by atoms with E-state index in [4.69, 9.17) is 11.2 Å². The maximum Gasteiger partial charge on any atom is 0.304 e. The lowest BCUT2D eigenvalue weighted by atomic mass is 9.86. The molecule has 1 fully saturated rings. The van der Waals surface area contributed by atoms with Crippen LogP contribution in [0.3, 0.4) is 0 Å². The van der Waals surface area contributed by atoms with Crippen molar-refractivity contribution in [1.82, 2.24) is 0 Å². The van der Waals surface area contributed by atoms with Crippen molar-refractivity contribution in [2.75, 3.05) is 20.2 Å². The fourth-order valence-corrected chi connectivity index (χ4v) is 3.56. The van der Waals surface area contributed by atoms with E-state index in [0.29, 0.717) is 15.6 Å². The highest BCUT2D eigenvalue weighted by molar-refractivity contribution is 5.85. The van der Waals surface area contributed by atoms with Gasteiger partial charge in [-0.15, -0.1) is 0 Å². The number of terminal acetylenes is 1. The molecule has 1 unspecified atom stereocenters. The standard InChI is InChI=1S/C22H23NO3/c1-3-23(2)16-10-15-20(23)17-26-21(24)22(25,18-11-6-4-7-12-18)19-13-8-5-9-14-19/h1,4-9,11-14,20H,10,15-17H2,2H3/t20-,23?/m1/s1. The van der Waals surface area contributed by atoms with Gasteiger partial charge in [-0.25, -0.2) is 4.48 Å². The first-order chi connectivity index (χ1) is 12.5. The first-order valence-corrected chi connectivity index (χ1v) is 8.82. The summed E-state index contributed by atoms with van der Waals surface area (Å²) in [4.78, 5) is 12.9. The summed E-state index contributed by atoms with van der Waals surface area (Å²) < 4.78 is 5.96. The zero-order valence-electron chi connectivity index (χ0n) is 14.9. The van der Waals surface area contributed by atoms with Gasteiger partial charge in [0.25, 0.3) is 0 Å². The fraction of sp³-hybridized carbons (Fsp3) is 0.318. The van der Waals surface area contributed by atoms with E-state index in [1.165, 1.54) is 0 Å². The smallest absolute Gasteiger partial charge is 0.304 e. The molecule has 26 heavy (non-hydrogen) atoms. The van der Waals surface area contributed by atoms with Crippen molar-refractivity contribution < 1.29 is 19.1 Å². The summed E-state index contributed by atoms with van der Waals surface area (Å²) in [6.45, 7) is 1.02. The van der Waals surface area contributed by atoms with Gasteiger partial charge in [-0.1, -0.05) is 67.1 Å². The Labute approximate surface area is 154 Å². The highest BCUT2D eigenvalue weighted by Gasteiger charge is 2.39. The van der Waals surface area contributed by atoms with Crippen molar-refractivity contribution in [3.8, 4) is 12.5 Å². The van der Waals surface area contributed by atoms with Crippen LogP contribution >= 0.6 is 0 Å². The van der Waals surface area contributed by atoms with Gasteiger partial charge in [-0.2, -0.15) is 0 Å². The van der Waals surface area contributed by atoms with Crippen molar-refractivity contribution in [3.63, 3.8) is 0 Å². The monoisotopic (exact) mass is 349 g/mol. The lowest BCUT2D eigenvalue weighted by molar-refractivity contribution is -0.856. The molecule has 0 radical (unpaired) electrons. The molecule has 0 N–H and O–H groups in total. The minimum absolute atomic E-state index is 0.0275. The Morgan fingerprint density at radius 2 is 1.73 bits per heavy atom. The predicted molar refractivity (Wildman–Crippen MR) is 97.5 cm³/mol. The minimum atomic E-state index is -2.10. The Kier molecular flexibility index (Phi) is 5.13. The minimum Gasteiger partial charge on any atom is -0.834 e. The summed E-state index contributed by atoms with van der Waals surface area (Å²) in [5, 5.41) is 13.7. The van der Waals surface area contributed by atoms with Crippen molar-refractivity contribution in [2.45, 2.75) is 24.5 Å². The van der Waals surface area contributed by atoms with E-state index in [9.17, 15) is 9.90 Å². The number of nitrogens with zero attached hydrogens (tertiary/aromatic N) is 1. The van der Waals surface area contributed by atoms with Gasteiger partial charge in [0.15, 0.2) is 0 Å². The molecule has 1 aliphatic rings. The van der Waals surface area contributed by atoms with Crippen LogP contribution in [0.2, 0.25) is 0 Å². The number of carbonyl (C=O) groups is 1. The molecule has 4 nitrogen and oxygen atoms in total. The molecule has 0 aromatic heterocycles. The van der Waals surface area contributed by atoms with E-state index < -0.39 is 11.6 Å². The number of likely N-dealkylation sites (tertiary alicyclic amines) is 1. The molecule has 2 atom stereocenters. The predicted octanol–water partition coefficient (Wildman–Crippen LogP) is 2.03. The molecule has 1 saturated heterocycles. The summed E-state index contributed by atoms with van der Waals surface area (Å²) in [6.07, 6.45) is 7.53. The number of esters is 1. The second kappa shape index (κ2) is 7.33. The number of rotatable bonds is 5. The van der Waals surface area contributed by atoms with Crippen LogP contribution in [0, 0.1) is 12.5 Å². The Balaban J connectivity index is 1.86. The maximum atomic E-state index is 13.7. The first-order valence-electron chi connectivity index (χ1n) is 8.82. The van der Waals surface area contributed by atoms with Crippen LogP contribution in [0.25, 0.3) is 0 Å². The Hall–Kier alpha value is -2.61. The number of carbonyl (C=O) groups excluding carboxylic acids is 1. The lowest BCUT2D eigenvalue weighted by Gasteiger charge is -2.39. The third-order valence-corrected chi connectivity index (χ3v) is 5.32. The molecule has 2 aromatic rings. The summed E-state index contributed by atoms with van der Waals surface area (Å²) in [5.74, 6) is -0.787. The zero-order chi connectivity index (χ0) is 18.6. The fourth-order valence-electron chi connectivity index (χ4n) is 3.56. The van der Waals surface area contributed by atoms with Crippen molar-refractivity contribution in [2.24, 2.45) is 0 Å². The lowest BCUT2D eigenvalue weighted by Crippen LogP contribution is -2.52. The van der Waals surface area contributed by atoms with E-state index in [-0.39, 0.29) is 12.6 Å². The Morgan fingerprint density at radius 1 is 1.19 bits per heavy atom. The molecule has 0 aliphatic carbocycles. The number of likely N-dealkylation sites (N-methyl/N-ethyl adjacent to an activating group) is 1. The molecule has 1 heterocycles. The van der Waals surface area contributed by atoms with Gasteiger partial charge < -0.3 is 9.84 Å². The third kappa shape index (κ3) is 3.24. The van der Waals surface area contributed by atoms with Gasteiger partial charge in [-0.3, -0.25) is 4.79 Å². The van der Waals surface area contributed by atoms with Crippen LogP contribution in [0.5, 0.6) is 0 Å². The van der Waals surface area contributed by atoms with Crippen molar-refractivity contribution >= 4 is 5.97 Å². The molecule has 4 heteroatoms. The van der Waals surface area contributed by atoms with E-state index in [1.807, 2.05) is 19.2 Å². The number of quaternary nitrogens is 1. The number of hydrogen-bond donors (Lipinski definition) is 0. The molecular weight excluding hydrogens is 326 g/mol. The summed E-state index contributed by atoms with van der Waals surface area (Å²) in [6, 6.07) is 20.1.